The van der Waals surface area contributed by atoms with Crippen LogP contribution in [0.3, 0.4) is 0 Å². The third-order valence-corrected chi connectivity index (χ3v) is 3.98. The molecule has 0 aromatic rings. The Kier molecular flexibility index (Phi) is 5.20. The highest BCUT2D eigenvalue weighted by molar-refractivity contribution is 5.71. The van der Waals surface area contributed by atoms with Gasteiger partial charge >= 0.3 is 5.97 Å². The van der Waals surface area contributed by atoms with Crippen LogP contribution in [0, 0.1) is 16.0 Å². The lowest BCUT2D eigenvalue weighted by Gasteiger charge is -2.46. The van der Waals surface area contributed by atoms with Gasteiger partial charge in [-0.25, -0.2) is 0 Å². The molecule has 0 N–H and O–H groups in total. The van der Waals surface area contributed by atoms with Crippen molar-refractivity contribution in [2.45, 2.75) is 78.0 Å². The van der Waals surface area contributed by atoms with Gasteiger partial charge in [-0.15, -0.1) is 15.2 Å². The van der Waals surface area contributed by atoms with Crippen LogP contribution in [0.4, 0.5) is 0 Å². The molecule has 0 aromatic carbocycles. The minimum atomic E-state index is -0.794. The standard InChI is InChI=1S/C14H26N2O5/c1-10(2)12(17)21-15-13(3,4)9-7-8-11(14(15,5)6)20-16(18)19/h10-11H,7-9H2,1-6H3. The maximum atomic E-state index is 12.0. The molecule has 0 aromatic heterocycles. The molecule has 0 saturated carbocycles. The summed E-state index contributed by atoms with van der Waals surface area (Å²) in [5, 5.41) is 11.5. The van der Waals surface area contributed by atoms with Gasteiger partial charge in [0.05, 0.1) is 17.0 Å². The first-order valence-electron chi connectivity index (χ1n) is 7.32. The topological polar surface area (TPSA) is 81.9 Å². The Morgan fingerprint density at radius 3 is 2.38 bits per heavy atom. The molecule has 1 aliphatic rings. The van der Waals surface area contributed by atoms with Crippen molar-refractivity contribution in [2.75, 3.05) is 0 Å². The highest BCUT2D eigenvalue weighted by atomic mass is 17.0. The van der Waals surface area contributed by atoms with Crippen molar-refractivity contribution in [3.63, 3.8) is 0 Å². The molecular formula is C14H26N2O5. The van der Waals surface area contributed by atoms with E-state index in [1.807, 2.05) is 27.7 Å². The fraction of sp³-hybridized carbons (Fsp3) is 0.929. The van der Waals surface area contributed by atoms with Gasteiger partial charge in [0.2, 0.25) is 0 Å². The van der Waals surface area contributed by atoms with E-state index in [9.17, 15) is 14.9 Å². The van der Waals surface area contributed by atoms with Gasteiger partial charge in [-0.1, -0.05) is 13.8 Å². The van der Waals surface area contributed by atoms with Crippen molar-refractivity contribution < 1.29 is 19.6 Å². The monoisotopic (exact) mass is 302 g/mol. The molecule has 7 heteroatoms. The number of carbonyl (C=O) groups is 1. The second kappa shape index (κ2) is 6.17. The first-order chi connectivity index (χ1) is 9.48. The molecule has 1 rings (SSSR count). The van der Waals surface area contributed by atoms with Gasteiger partial charge in [-0.2, -0.15) is 0 Å². The molecule has 122 valence electrons. The highest BCUT2D eigenvalue weighted by Crippen LogP contribution is 2.38. The average molecular weight is 302 g/mol. The van der Waals surface area contributed by atoms with E-state index in [0.29, 0.717) is 6.42 Å². The van der Waals surface area contributed by atoms with Crippen LogP contribution in [-0.2, 0) is 14.5 Å². The number of hydrogen-bond acceptors (Lipinski definition) is 6. The highest BCUT2D eigenvalue weighted by Gasteiger charge is 2.49. The van der Waals surface area contributed by atoms with Crippen molar-refractivity contribution in [3.8, 4) is 0 Å². The van der Waals surface area contributed by atoms with E-state index in [0.717, 1.165) is 12.8 Å². The normalized spacial score (nSPS) is 25.2. The summed E-state index contributed by atoms with van der Waals surface area (Å²) in [6, 6.07) is 0. The summed E-state index contributed by atoms with van der Waals surface area (Å²) in [7, 11) is 0. The number of nitrogens with zero attached hydrogens (tertiary/aromatic N) is 2. The maximum Gasteiger partial charge on any atom is 0.327 e. The molecule has 1 saturated heterocycles. The van der Waals surface area contributed by atoms with Gasteiger partial charge in [-0.3, -0.25) is 4.79 Å². The van der Waals surface area contributed by atoms with E-state index in [-0.39, 0.29) is 11.9 Å². The third-order valence-electron chi connectivity index (χ3n) is 3.98. The summed E-state index contributed by atoms with van der Waals surface area (Å²) in [6.07, 6.45) is 1.44. The third kappa shape index (κ3) is 4.06. The zero-order chi connectivity index (χ0) is 16.4. The molecule has 1 atom stereocenters. The Labute approximate surface area is 125 Å². The van der Waals surface area contributed by atoms with Gasteiger partial charge in [0, 0.05) is 0 Å². The molecule has 1 fully saturated rings. The molecule has 21 heavy (non-hydrogen) atoms. The van der Waals surface area contributed by atoms with Crippen LogP contribution >= 0.6 is 0 Å². The van der Waals surface area contributed by atoms with Crippen LogP contribution in [0.2, 0.25) is 0 Å². The Morgan fingerprint density at radius 1 is 1.33 bits per heavy atom. The molecule has 1 aliphatic heterocycles. The van der Waals surface area contributed by atoms with Crippen molar-refractivity contribution in [2.24, 2.45) is 5.92 Å². The fourth-order valence-electron chi connectivity index (χ4n) is 2.81. The quantitative estimate of drug-likeness (QED) is 0.586. The van der Waals surface area contributed by atoms with E-state index in [2.05, 4.69) is 0 Å². The van der Waals surface area contributed by atoms with E-state index in [1.54, 1.807) is 18.9 Å². The van der Waals surface area contributed by atoms with Crippen molar-refractivity contribution in [1.82, 2.24) is 5.06 Å². The van der Waals surface area contributed by atoms with Crippen LogP contribution in [-0.4, -0.2) is 33.3 Å². The molecule has 0 amide bonds. The number of rotatable bonds is 4. The van der Waals surface area contributed by atoms with Crippen LogP contribution in [0.15, 0.2) is 0 Å². The maximum absolute atomic E-state index is 12.0. The molecule has 0 radical (unpaired) electrons. The largest absolute Gasteiger partial charge is 0.367 e. The van der Waals surface area contributed by atoms with Crippen LogP contribution in [0.1, 0.15) is 60.8 Å². The molecule has 0 aliphatic carbocycles. The van der Waals surface area contributed by atoms with Crippen LogP contribution < -0.4 is 0 Å². The van der Waals surface area contributed by atoms with Crippen LogP contribution in [0.5, 0.6) is 0 Å². The fourth-order valence-corrected chi connectivity index (χ4v) is 2.81. The van der Waals surface area contributed by atoms with Gasteiger partial charge in [0.1, 0.15) is 6.10 Å². The zero-order valence-electron chi connectivity index (χ0n) is 13.7. The van der Waals surface area contributed by atoms with E-state index < -0.39 is 22.3 Å². The summed E-state index contributed by atoms with van der Waals surface area (Å²) < 4.78 is 0. The van der Waals surface area contributed by atoms with Gasteiger partial charge in [-0.05, 0) is 47.0 Å². The SMILES string of the molecule is CC(C)C(=O)ON1C(C)(C)CCCC(O[N+](=O)[O-])C1(C)C. The molecular weight excluding hydrogens is 276 g/mol. The van der Waals surface area contributed by atoms with Gasteiger partial charge in [0.15, 0.2) is 0 Å². The molecule has 7 nitrogen and oxygen atoms in total. The summed E-state index contributed by atoms with van der Waals surface area (Å²) in [5.74, 6) is -0.618. The molecule has 0 bridgehead atoms. The Bertz CT molecular complexity index is 406. The second-order valence-electron chi connectivity index (χ2n) is 7.04. The summed E-state index contributed by atoms with van der Waals surface area (Å²) in [4.78, 5) is 33.1. The first kappa shape index (κ1) is 17.7. The lowest BCUT2D eigenvalue weighted by molar-refractivity contribution is -0.772. The Hall–Kier alpha value is -1.37. The summed E-state index contributed by atoms with van der Waals surface area (Å²) in [5.41, 5.74) is -1.21. The predicted octanol–water partition coefficient (Wildman–Crippen LogP) is 2.72. The molecule has 1 unspecified atom stereocenters. The first-order valence-corrected chi connectivity index (χ1v) is 7.32. The molecule has 0 spiro atoms. The van der Waals surface area contributed by atoms with Crippen molar-refractivity contribution in [3.05, 3.63) is 10.1 Å². The van der Waals surface area contributed by atoms with Crippen molar-refractivity contribution in [1.29, 1.82) is 0 Å². The van der Waals surface area contributed by atoms with Crippen LogP contribution in [0.25, 0.3) is 0 Å². The van der Waals surface area contributed by atoms with E-state index in [1.165, 1.54) is 0 Å². The minimum absolute atomic E-state index is 0.269. The second-order valence-corrected chi connectivity index (χ2v) is 7.04. The smallest absolute Gasteiger partial charge is 0.327 e. The average Bonchev–Trinajstić information content (AvgIpc) is 2.39. The van der Waals surface area contributed by atoms with Crippen molar-refractivity contribution >= 4 is 5.97 Å². The number of hydroxylamine groups is 2. The van der Waals surface area contributed by atoms with Gasteiger partial charge in [0.25, 0.3) is 5.09 Å². The number of hydrogen-bond donors (Lipinski definition) is 0. The van der Waals surface area contributed by atoms with Gasteiger partial charge < -0.3 is 9.68 Å². The number of carbonyl (C=O) groups excluding carboxylic acids is 1. The zero-order valence-corrected chi connectivity index (χ0v) is 13.7. The van der Waals surface area contributed by atoms with E-state index >= 15 is 0 Å². The Balaban J connectivity index is 3.10. The lowest BCUT2D eigenvalue weighted by Crippen LogP contribution is -2.60. The minimum Gasteiger partial charge on any atom is -0.367 e. The molecule has 1 heterocycles. The summed E-state index contributed by atoms with van der Waals surface area (Å²) in [6.45, 7) is 11.1. The predicted molar refractivity (Wildman–Crippen MR) is 76.6 cm³/mol. The van der Waals surface area contributed by atoms with E-state index in [4.69, 9.17) is 9.68 Å². The Morgan fingerprint density at radius 2 is 1.90 bits per heavy atom. The lowest BCUT2D eigenvalue weighted by atomic mass is 9.93. The summed E-state index contributed by atoms with van der Waals surface area (Å²) >= 11 is 0.